The number of hydrogen-bond acceptors (Lipinski definition) is 5. The van der Waals surface area contributed by atoms with Crippen molar-refractivity contribution in [3.8, 4) is 11.1 Å². The first kappa shape index (κ1) is 25.5. The number of hydrogen-bond donors (Lipinski definition) is 5. The lowest BCUT2D eigenvalue weighted by atomic mass is 9.98. The maximum Gasteiger partial charge on any atom is 0.426 e. The Balaban J connectivity index is 1.23. The van der Waals surface area contributed by atoms with E-state index in [1.165, 1.54) is 24.4 Å². The molecule has 10 nitrogen and oxygen atoms in total. The average molecular weight is 531 g/mol. The second kappa shape index (κ2) is 10.7. The van der Waals surface area contributed by atoms with Crippen molar-refractivity contribution in [1.82, 2.24) is 21.2 Å². The highest BCUT2D eigenvalue weighted by Gasteiger charge is 2.30. The SMILES string of the molecule is O=C(NNC(=O)C(Cc1c[nH]c2cc(F)ccc12)NC(=O)C(=O)O)OCC1c2ccccc2-c2ccccc21. The van der Waals surface area contributed by atoms with Gasteiger partial charge in [0.2, 0.25) is 0 Å². The zero-order valence-corrected chi connectivity index (χ0v) is 20.4. The first-order valence-corrected chi connectivity index (χ1v) is 12.0. The van der Waals surface area contributed by atoms with Crippen LogP contribution in [0.3, 0.4) is 0 Å². The molecule has 1 aliphatic carbocycles. The number of rotatable bonds is 6. The molecule has 1 unspecified atom stereocenters. The molecule has 198 valence electrons. The lowest BCUT2D eigenvalue weighted by Gasteiger charge is -2.18. The van der Waals surface area contributed by atoms with Crippen molar-refractivity contribution in [3.63, 3.8) is 0 Å². The summed E-state index contributed by atoms with van der Waals surface area (Å²) in [4.78, 5) is 51.1. The molecule has 11 heteroatoms. The summed E-state index contributed by atoms with van der Waals surface area (Å²) in [6, 6.07) is 18.3. The Morgan fingerprint density at radius 3 is 2.28 bits per heavy atom. The third-order valence-electron chi connectivity index (χ3n) is 6.60. The van der Waals surface area contributed by atoms with Crippen LogP contribution >= 0.6 is 0 Å². The molecule has 1 aromatic heterocycles. The Labute approximate surface area is 221 Å². The molecule has 1 atom stereocenters. The molecule has 5 rings (SSSR count). The fourth-order valence-corrected chi connectivity index (χ4v) is 4.81. The third-order valence-corrected chi connectivity index (χ3v) is 6.60. The number of aromatic nitrogens is 1. The van der Waals surface area contributed by atoms with Crippen molar-refractivity contribution < 1.29 is 33.4 Å². The number of carboxylic acid groups (broad SMARTS) is 1. The van der Waals surface area contributed by atoms with Crippen molar-refractivity contribution >= 4 is 34.8 Å². The van der Waals surface area contributed by atoms with Crippen LogP contribution in [-0.2, 0) is 25.5 Å². The summed E-state index contributed by atoms with van der Waals surface area (Å²) in [5.74, 6) is -4.71. The molecular weight excluding hydrogens is 507 g/mol. The molecule has 0 fully saturated rings. The van der Waals surface area contributed by atoms with Gasteiger partial charge in [-0.05, 0) is 46.0 Å². The van der Waals surface area contributed by atoms with Gasteiger partial charge in [0.15, 0.2) is 0 Å². The number of aromatic amines is 1. The van der Waals surface area contributed by atoms with Crippen LogP contribution in [0.1, 0.15) is 22.6 Å². The van der Waals surface area contributed by atoms with E-state index in [1.807, 2.05) is 48.5 Å². The molecule has 3 aromatic carbocycles. The molecule has 0 spiro atoms. The van der Waals surface area contributed by atoms with Crippen LogP contribution in [0.15, 0.2) is 72.9 Å². The van der Waals surface area contributed by atoms with Crippen LogP contribution in [0.5, 0.6) is 0 Å². The van der Waals surface area contributed by atoms with Crippen LogP contribution in [0.2, 0.25) is 0 Å². The van der Waals surface area contributed by atoms with Crippen LogP contribution in [0.4, 0.5) is 9.18 Å². The number of nitrogens with one attached hydrogen (secondary N) is 4. The van der Waals surface area contributed by atoms with Gasteiger partial charge in [0, 0.05) is 29.4 Å². The van der Waals surface area contributed by atoms with Gasteiger partial charge in [0.25, 0.3) is 5.91 Å². The summed E-state index contributed by atoms with van der Waals surface area (Å²) in [5.41, 5.74) is 9.46. The van der Waals surface area contributed by atoms with E-state index in [4.69, 9.17) is 9.84 Å². The van der Waals surface area contributed by atoms with Gasteiger partial charge in [0.05, 0.1) is 0 Å². The van der Waals surface area contributed by atoms with E-state index in [0.717, 1.165) is 22.3 Å². The van der Waals surface area contributed by atoms with Gasteiger partial charge in [-0.3, -0.25) is 15.0 Å². The van der Waals surface area contributed by atoms with Crippen LogP contribution in [-0.4, -0.2) is 46.6 Å². The first-order chi connectivity index (χ1) is 18.8. The molecule has 0 aliphatic heterocycles. The molecule has 1 heterocycles. The van der Waals surface area contributed by atoms with Gasteiger partial charge in [-0.1, -0.05) is 48.5 Å². The number of carboxylic acids is 1. The number of amides is 3. The lowest BCUT2D eigenvalue weighted by Crippen LogP contribution is -2.54. The van der Waals surface area contributed by atoms with Crippen molar-refractivity contribution in [3.05, 3.63) is 95.4 Å². The van der Waals surface area contributed by atoms with Crippen molar-refractivity contribution in [2.75, 3.05) is 6.61 Å². The number of benzene rings is 3. The number of ether oxygens (including phenoxy) is 1. The van der Waals surface area contributed by atoms with Gasteiger partial charge in [-0.2, -0.15) is 0 Å². The number of carbonyl (C=O) groups excluding carboxylic acids is 3. The van der Waals surface area contributed by atoms with Crippen LogP contribution in [0, 0.1) is 5.82 Å². The van der Waals surface area contributed by atoms with E-state index in [-0.39, 0.29) is 18.9 Å². The number of H-pyrrole nitrogens is 1. The predicted molar refractivity (Wildman–Crippen MR) is 138 cm³/mol. The van der Waals surface area contributed by atoms with E-state index in [9.17, 15) is 23.6 Å². The molecule has 0 bridgehead atoms. The highest BCUT2D eigenvalue weighted by atomic mass is 19.1. The average Bonchev–Trinajstić information content (AvgIpc) is 3.48. The minimum atomic E-state index is -1.78. The summed E-state index contributed by atoms with van der Waals surface area (Å²) >= 11 is 0. The monoisotopic (exact) mass is 530 g/mol. The largest absolute Gasteiger partial charge is 0.474 e. The number of fused-ring (bicyclic) bond motifs is 4. The quantitative estimate of drug-likeness (QED) is 0.191. The predicted octanol–water partition coefficient (Wildman–Crippen LogP) is 2.99. The summed E-state index contributed by atoms with van der Waals surface area (Å²) in [5, 5.41) is 11.7. The van der Waals surface area contributed by atoms with Crippen LogP contribution in [0.25, 0.3) is 22.0 Å². The normalized spacial score (nSPS) is 12.7. The summed E-state index contributed by atoms with van der Waals surface area (Å²) in [6.45, 7) is 0.0147. The zero-order chi connectivity index (χ0) is 27.5. The smallest absolute Gasteiger partial charge is 0.426 e. The number of hydrazine groups is 1. The third kappa shape index (κ3) is 5.28. The molecule has 1 aliphatic rings. The van der Waals surface area contributed by atoms with E-state index in [1.54, 1.807) is 0 Å². The van der Waals surface area contributed by atoms with Gasteiger partial charge >= 0.3 is 18.0 Å². The van der Waals surface area contributed by atoms with E-state index in [2.05, 4.69) is 21.2 Å². The van der Waals surface area contributed by atoms with Crippen LogP contribution < -0.4 is 16.2 Å². The molecule has 4 aromatic rings. The molecule has 0 saturated carbocycles. The van der Waals surface area contributed by atoms with E-state index in [0.29, 0.717) is 16.5 Å². The number of halogens is 1. The van der Waals surface area contributed by atoms with E-state index >= 15 is 0 Å². The van der Waals surface area contributed by atoms with Crippen molar-refractivity contribution in [2.24, 2.45) is 0 Å². The minimum Gasteiger partial charge on any atom is -0.474 e. The maximum atomic E-state index is 13.5. The lowest BCUT2D eigenvalue weighted by molar-refractivity contribution is -0.151. The standard InChI is InChI=1S/C28H23FN4O6/c29-16-9-10-17-15(13-30-23(17)12-16)11-24(31-26(35)27(36)37)25(34)32-33-28(38)39-14-22-20-7-3-1-5-18(20)19-6-2-4-8-21(19)22/h1-10,12-13,22,24,30H,11,14H2,(H,31,35)(H,32,34)(H,33,38)(H,36,37). The molecule has 0 radical (unpaired) electrons. The highest BCUT2D eigenvalue weighted by molar-refractivity contribution is 6.32. The Morgan fingerprint density at radius 2 is 1.62 bits per heavy atom. The van der Waals surface area contributed by atoms with Crippen molar-refractivity contribution in [2.45, 2.75) is 18.4 Å². The minimum absolute atomic E-state index is 0.0147. The Bertz CT molecular complexity index is 1550. The first-order valence-electron chi connectivity index (χ1n) is 12.0. The Kier molecular flexibility index (Phi) is 6.96. The fourth-order valence-electron chi connectivity index (χ4n) is 4.81. The van der Waals surface area contributed by atoms with Gasteiger partial charge in [0.1, 0.15) is 18.5 Å². The molecule has 3 amide bonds. The second-order valence-electron chi connectivity index (χ2n) is 8.98. The molecule has 5 N–H and O–H groups in total. The topological polar surface area (TPSA) is 150 Å². The van der Waals surface area contributed by atoms with Crippen molar-refractivity contribution in [1.29, 1.82) is 0 Å². The summed E-state index contributed by atoms with van der Waals surface area (Å²) in [7, 11) is 0. The van der Waals surface area contributed by atoms with Gasteiger partial charge in [-0.15, -0.1) is 0 Å². The highest BCUT2D eigenvalue weighted by Crippen LogP contribution is 2.44. The maximum absolute atomic E-state index is 13.5. The summed E-state index contributed by atoms with van der Waals surface area (Å²) < 4.78 is 18.9. The van der Waals surface area contributed by atoms with E-state index < -0.39 is 35.7 Å². The summed E-state index contributed by atoms with van der Waals surface area (Å²) in [6.07, 6.45) is 0.454. The number of aliphatic carboxylic acids is 1. The van der Waals surface area contributed by atoms with Gasteiger partial charge in [-0.25, -0.2) is 19.4 Å². The van der Waals surface area contributed by atoms with Gasteiger partial charge < -0.3 is 20.1 Å². The molecular formula is C28H23FN4O6. The second-order valence-corrected chi connectivity index (χ2v) is 8.98. The molecule has 39 heavy (non-hydrogen) atoms. The Morgan fingerprint density at radius 1 is 0.949 bits per heavy atom. The molecule has 0 saturated heterocycles. The number of carbonyl (C=O) groups is 4. The fraction of sp³-hybridized carbons (Fsp3) is 0.143. The Hall–Kier alpha value is -5.19. The zero-order valence-electron chi connectivity index (χ0n) is 20.4.